The average molecular weight is 492 g/mol. The lowest BCUT2D eigenvalue weighted by molar-refractivity contribution is 0.644. The van der Waals surface area contributed by atoms with E-state index in [4.69, 9.17) is 0 Å². The van der Waals surface area contributed by atoms with Crippen LogP contribution in [0.5, 0.6) is 0 Å². The molecule has 0 aliphatic carbocycles. The summed E-state index contributed by atoms with van der Waals surface area (Å²) in [5, 5.41) is 8.07. The molecule has 2 N–H and O–H groups in total. The number of nitrogens with zero attached hydrogens (tertiary/aromatic N) is 2. The van der Waals surface area contributed by atoms with E-state index in [-0.39, 0.29) is 24.0 Å². The molecule has 0 aliphatic heterocycles. The molecular weight excluding hydrogens is 463 g/mol. The van der Waals surface area contributed by atoms with Gasteiger partial charge in [-0.05, 0) is 39.3 Å². The molecule has 25 heavy (non-hydrogen) atoms. The first-order chi connectivity index (χ1) is 11.5. The lowest BCUT2D eigenvalue weighted by atomic mass is 10.2. The molecule has 1 unspecified atom stereocenters. The molecule has 0 spiro atoms. The Morgan fingerprint density at radius 2 is 2.04 bits per heavy atom. The molecule has 0 radical (unpaired) electrons. The van der Waals surface area contributed by atoms with Gasteiger partial charge in [-0.1, -0.05) is 6.92 Å². The first kappa shape index (κ1) is 22.4. The summed E-state index contributed by atoms with van der Waals surface area (Å²) in [5.41, 5.74) is 1.23. The topological polar surface area (TPSA) is 49.3 Å². The third kappa shape index (κ3) is 7.22. The first-order valence-electron chi connectivity index (χ1n) is 8.49. The highest BCUT2D eigenvalue weighted by molar-refractivity contribution is 14.0. The molecule has 0 aliphatic rings. The molecule has 140 valence electrons. The Kier molecular flexibility index (Phi) is 9.96. The van der Waals surface area contributed by atoms with E-state index in [1.165, 1.54) is 25.3 Å². The zero-order valence-electron chi connectivity index (χ0n) is 15.7. The standard InChI is InChI=1S/C18H28N4S2.HI/c1-6-16-14(4)24-17(22-16)9-10-20-18(19-5)21-12(2)11-15-8-7-13(3)23-15;/h7-8,12H,6,9-11H2,1-5H3,(H2,19,20,21);1H. The summed E-state index contributed by atoms with van der Waals surface area (Å²) in [5.74, 6) is 0.861. The first-order valence-corrected chi connectivity index (χ1v) is 10.1. The van der Waals surface area contributed by atoms with Crippen LogP contribution in [0.3, 0.4) is 0 Å². The maximum Gasteiger partial charge on any atom is 0.191 e. The van der Waals surface area contributed by atoms with Crippen LogP contribution in [-0.2, 0) is 19.3 Å². The minimum absolute atomic E-state index is 0. The van der Waals surface area contributed by atoms with Crippen LogP contribution in [0.4, 0.5) is 0 Å². The summed E-state index contributed by atoms with van der Waals surface area (Å²) in [4.78, 5) is 13.1. The average Bonchev–Trinajstić information content (AvgIpc) is 3.11. The molecule has 0 saturated heterocycles. The number of aliphatic imine (C=N–C) groups is 1. The Labute approximate surface area is 176 Å². The van der Waals surface area contributed by atoms with E-state index in [0.717, 1.165) is 31.8 Å². The molecular formula is C18H29IN4S2. The van der Waals surface area contributed by atoms with E-state index in [0.29, 0.717) is 6.04 Å². The number of hydrogen-bond acceptors (Lipinski definition) is 4. The largest absolute Gasteiger partial charge is 0.356 e. The molecule has 2 aromatic rings. The molecule has 2 aromatic heterocycles. The second-order valence-electron chi connectivity index (χ2n) is 5.97. The lowest BCUT2D eigenvalue weighted by Gasteiger charge is -2.17. The zero-order chi connectivity index (χ0) is 17.5. The number of rotatable bonds is 7. The highest BCUT2D eigenvalue weighted by atomic mass is 127. The number of thiophene rings is 1. The summed E-state index contributed by atoms with van der Waals surface area (Å²) in [6, 6.07) is 4.74. The van der Waals surface area contributed by atoms with Crippen LogP contribution in [-0.4, -0.2) is 30.6 Å². The number of hydrogen-bond donors (Lipinski definition) is 2. The van der Waals surface area contributed by atoms with Crippen LogP contribution in [0.15, 0.2) is 17.1 Å². The van der Waals surface area contributed by atoms with Gasteiger partial charge in [-0.2, -0.15) is 0 Å². The summed E-state index contributed by atoms with van der Waals surface area (Å²) < 4.78 is 0. The van der Waals surface area contributed by atoms with E-state index in [1.807, 2.05) is 18.4 Å². The van der Waals surface area contributed by atoms with Gasteiger partial charge in [0.25, 0.3) is 0 Å². The maximum absolute atomic E-state index is 4.69. The van der Waals surface area contributed by atoms with E-state index in [1.54, 1.807) is 11.3 Å². The normalized spacial score (nSPS) is 12.6. The number of guanidine groups is 1. The molecule has 0 amide bonds. The summed E-state index contributed by atoms with van der Waals surface area (Å²) in [6.45, 7) is 9.51. The van der Waals surface area contributed by atoms with Crippen molar-refractivity contribution in [1.29, 1.82) is 0 Å². The molecule has 1 atom stereocenters. The van der Waals surface area contributed by atoms with Crippen molar-refractivity contribution < 1.29 is 0 Å². The maximum atomic E-state index is 4.69. The fourth-order valence-corrected chi connectivity index (χ4v) is 4.63. The van der Waals surface area contributed by atoms with Crippen LogP contribution < -0.4 is 10.6 Å². The fraction of sp³-hybridized carbons (Fsp3) is 0.556. The fourth-order valence-electron chi connectivity index (χ4n) is 2.59. The highest BCUT2D eigenvalue weighted by Crippen LogP contribution is 2.18. The van der Waals surface area contributed by atoms with Gasteiger partial charge < -0.3 is 10.6 Å². The zero-order valence-corrected chi connectivity index (χ0v) is 19.6. The number of halogens is 1. The third-order valence-electron chi connectivity index (χ3n) is 3.81. The van der Waals surface area contributed by atoms with Gasteiger partial charge in [0.15, 0.2) is 5.96 Å². The molecule has 2 heterocycles. The molecule has 2 rings (SSSR count). The quantitative estimate of drug-likeness (QED) is 0.344. The molecule has 0 aromatic carbocycles. The second-order valence-corrected chi connectivity index (χ2v) is 8.64. The van der Waals surface area contributed by atoms with E-state index in [9.17, 15) is 0 Å². The van der Waals surface area contributed by atoms with E-state index < -0.39 is 0 Å². The molecule has 0 bridgehead atoms. The Morgan fingerprint density at radius 1 is 1.28 bits per heavy atom. The van der Waals surface area contributed by atoms with Crippen molar-refractivity contribution in [1.82, 2.24) is 15.6 Å². The predicted octanol–water partition coefficient (Wildman–Crippen LogP) is 4.34. The molecule has 0 fully saturated rings. The number of aromatic nitrogens is 1. The smallest absolute Gasteiger partial charge is 0.191 e. The summed E-state index contributed by atoms with van der Waals surface area (Å²) >= 11 is 3.67. The van der Waals surface area contributed by atoms with Crippen molar-refractivity contribution in [2.75, 3.05) is 13.6 Å². The van der Waals surface area contributed by atoms with Gasteiger partial charge in [0, 0.05) is 47.1 Å². The number of nitrogens with one attached hydrogen (secondary N) is 2. The van der Waals surface area contributed by atoms with Gasteiger partial charge in [-0.25, -0.2) is 4.98 Å². The lowest BCUT2D eigenvalue weighted by Crippen LogP contribution is -2.43. The molecule has 0 saturated carbocycles. The van der Waals surface area contributed by atoms with Crippen molar-refractivity contribution in [2.45, 2.75) is 53.0 Å². The number of aryl methyl sites for hydroxylation is 3. The third-order valence-corrected chi connectivity index (χ3v) is 5.91. The number of thiazole rings is 1. The van der Waals surface area contributed by atoms with Gasteiger partial charge in [0.05, 0.1) is 10.7 Å². The van der Waals surface area contributed by atoms with Crippen molar-refractivity contribution >= 4 is 52.6 Å². The van der Waals surface area contributed by atoms with Crippen molar-refractivity contribution in [3.05, 3.63) is 37.5 Å². The Morgan fingerprint density at radius 3 is 2.60 bits per heavy atom. The van der Waals surface area contributed by atoms with Gasteiger partial charge in [-0.3, -0.25) is 4.99 Å². The van der Waals surface area contributed by atoms with Crippen LogP contribution in [0, 0.1) is 13.8 Å². The monoisotopic (exact) mass is 492 g/mol. The second kappa shape index (κ2) is 11.1. The van der Waals surface area contributed by atoms with E-state index in [2.05, 4.69) is 60.4 Å². The predicted molar refractivity (Wildman–Crippen MR) is 122 cm³/mol. The van der Waals surface area contributed by atoms with Crippen molar-refractivity contribution in [3.8, 4) is 0 Å². The van der Waals surface area contributed by atoms with Gasteiger partial charge in [0.2, 0.25) is 0 Å². The summed E-state index contributed by atoms with van der Waals surface area (Å²) in [7, 11) is 1.82. The van der Waals surface area contributed by atoms with Crippen LogP contribution in [0.25, 0.3) is 0 Å². The highest BCUT2D eigenvalue weighted by Gasteiger charge is 2.09. The van der Waals surface area contributed by atoms with Gasteiger partial charge in [0.1, 0.15) is 0 Å². The minimum atomic E-state index is 0. The van der Waals surface area contributed by atoms with E-state index >= 15 is 0 Å². The molecule has 7 heteroatoms. The van der Waals surface area contributed by atoms with Gasteiger partial charge >= 0.3 is 0 Å². The van der Waals surface area contributed by atoms with Crippen molar-refractivity contribution in [3.63, 3.8) is 0 Å². The minimum Gasteiger partial charge on any atom is -0.356 e. The Bertz CT molecular complexity index is 678. The Balaban J connectivity index is 0.00000312. The summed E-state index contributed by atoms with van der Waals surface area (Å²) in [6.07, 6.45) is 2.97. The molecule has 4 nitrogen and oxygen atoms in total. The van der Waals surface area contributed by atoms with Crippen LogP contribution >= 0.6 is 46.7 Å². The van der Waals surface area contributed by atoms with Crippen LogP contribution in [0.1, 0.15) is 39.2 Å². The SMILES string of the molecule is CCc1nc(CCNC(=NC)NC(C)Cc2ccc(C)s2)sc1C.I. The Hall–Kier alpha value is -0.670. The van der Waals surface area contributed by atoms with Gasteiger partial charge in [-0.15, -0.1) is 46.7 Å². The van der Waals surface area contributed by atoms with Crippen LogP contribution in [0.2, 0.25) is 0 Å². The van der Waals surface area contributed by atoms with Crippen molar-refractivity contribution in [2.24, 2.45) is 4.99 Å².